The van der Waals surface area contributed by atoms with Crippen LogP contribution < -0.4 is 21.2 Å². The minimum atomic E-state index is -0.312. The average molecular weight is 257 g/mol. The number of rotatable bonds is 5. The van der Waals surface area contributed by atoms with Gasteiger partial charge in [0.25, 0.3) is 0 Å². The molecular weight excluding hydrogens is 243 g/mol. The van der Waals surface area contributed by atoms with Crippen molar-refractivity contribution < 1.29 is 30.7 Å². The summed E-state index contributed by atoms with van der Waals surface area (Å²) in [5.74, 6) is 0. The zero-order valence-electron chi connectivity index (χ0n) is 6.52. The van der Waals surface area contributed by atoms with Gasteiger partial charge in [-0.3, -0.25) is 0 Å². The second-order valence-electron chi connectivity index (χ2n) is 1.91. The van der Waals surface area contributed by atoms with Gasteiger partial charge in [0.05, 0.1) is 0 Å². The molecule has 0 aromatic heterocycles. The average Bonchev–Trinajstić information content (AvgIpc) is 1.97. The number of carbonyl (C=O) groups excluding carboxylic acids is 1. The summed E-state index contributed by atoms with van der Waals surface area (Å²) in [6.07, 6.45) is 2.04. The molecule has 0 aliphatic heterocycles. The Balaban J connectivity index is 3.09. The molecule has 0 N–H and O–H groups in total. The van der Waals surface area contributed by atoms with Gasteiger partial charge in [-0.05, 0) is 0 Å². The van der Waals surface area contributed by atoms with E-state index >= 15 is 0 Å². The van der Waals surface area contributed by atoms with Gasteiger partial charge in [0.1, 0.15) is 0 Å². The molecule has 2 nitrogen and oxygen atoms in total. The van der Waals surface area contributed by atoms with Gasteiger partial charge < -0.3 is 0 Å². The van der Waals surface area contributed by atoms with Crippen LogP contribution in [0.4, 0.5) is 4.79 Å². The van der Waals surface area contributed by atoms with Crippen LogP contribution in [0.1, 0.15) is 26.7 Å². The third kappa shape index (κ3) is 6.32. The second kappa shape index (κ2) is 7.31. The molecule has 0 bridgehead atoms. The van der Waals surface area contributed by atoms with Crippen molar-refractivity contribution in [3.63, 3.8) is 0 Å². The Morgan fingerprint density at radius 1 is 1.40 bits per heavy atom. The summed E-state index contributed by atoms with van der Waals surface area (Å²) >= 11 is -0.312. The molecule has 0 aliphatic rings. The zero-order valence-corrected chi connectivity index (χ0v) is 8.68. The Morgan fingerprint density at radius 3 is 2.60 bits per heavy atom. The van der Waals surface area contributed by atoms with Gasteiger partial charge in [-0.15, -0.1) is 0 Å². The first-order valence-corrected chi connectivity index (χ1v) is 6.17. The molecule has 0 aliphatic carbocycles. The van der Waals surface area contributed by atoms with Crippen molar-refractivity contribution in [1.82, 2.24) is 0 Å². The quantitative estimate of drug-likeness (QED) is 0.360. The predicted octanol–water partition coefficient (Wildman–Crippen LogP) is -0.968. The summed E-state index contributed by atoms with van der Waals surface area (Å²) in [5, 5.41) is 0. The van der Waals surface area contributed by atoms with Gasteiger partial charge in [-0.25, -0.2) is 0 Å². The van der Waals surface area contributed by atoms with Crippen LogP contribution in [0, 0.1) is 0 Å². The summed E-state index contributed by atoms with van der Waals surface area (Å²) in [6, 6.07) is 0. The molecule has 0 unspecified atom stereocenters. The summed E-state index contributed by atoms with van der Waals surface area (Å²) < 4.78 is 6.02. The minimum absolute atomic E-state index is 0.0579. The van der Waals surface area contributed by atoms with Gasteiger partial charge in [0.15, 0.2) is 0 Å². The van der Waals surface area contributed by atoms with Crippen LogP contribution in [-0.4, -0.2) is 15.0 Å². The molecular formula is C7H14IO2-. The molecule has 3 heteroatoms. The summed E-state index contributed by atoms with van der Waals surface area (Å²) in [7, 11) is 0. The monoisotopic (exact) mass is 257 g/mol. The van der Waals surface area contributed by atoms with E-state index in [0.717, 1.165) is 17.3 Å². The van der Waals surface area contributed by atoms with E-state index in [-0.39, 0.29) is 25.2 Å². The Morgan fingerprint density at radius 2 is 2.10 bits per heavy atom. The zero-order chi connectivity index (χ0) is 7.82. The van der Waals surface area contributed by atoms with Crippen molar-refractivity contribution in [2.75, 3.05) is 11.0 Å². The third-order valence-corrected chi connectivity index (χ3v) is 3.36. The van der Waals surface area contributed by atoms with Crippen molar-refractivity contribution in [3.8, 4) is 0 Å². The molecule has 0 spiro atoms. The number of alkyl halides is 1. The fraction of sp³-hybridized carbons (Fsp3) is 0.857. The molecule has 0 amide bonds. The second-order valence-corrected chi connectivity index (χ2v) is 4.63. The van der Waals surface area contributed by atoms with Gasteiger partial charge in [0, 0.05) is 0 Å². The van der Waals surface area contributed by atoms with E-state index in [1.54, 1.807) is 0 Å². The van der Waals surface area contributed by atoms with Gasteiger partial charge >= 0.3 is 72.4 Å². The Hall–Kier alpha value is 0.200. The number of hydrogen-bond acceptors (Lipinski definition) is 2. The van der Waals surface area contributed by atoms with E-state index in [1.165, 1.54) is 0 Å². The van der Waals surface area contributed by atoms with E-state index in [0.29, 0.717) is 6.61 Å². The number of halogens is 1. The van der Waals surface area contributed by atoms with E-state index < -0.39 is 0 Å². The van der Waals surface area contributed by atoms with E-state index in [1.807, 2.05) is 6.92 Å². The Bertz CT molecular complexity index is 83.6. The SMILES string of the molecule is CCCOC(=O)[I-]CCC. The standard InChI is InChI=1S/C7H14IO2/c1-3-5-8-7(9)10-6-4-2/h3-6H2,1-2H3/q-1. The maximum atomic E-state index is 10.8. The molecule has 62 valence electrons. The Kier molecular flexibility index (Phi) is 7.45. The predicted molar refractivity (Wildman–Crippen MR) is 36.8 cm³/mol. The van der Waals surface area contributed by atoms with Gasteiger partial charge in [-0.1, -0.05) is 0 Å². The van der Waals surface area contributed by atoms with E-state index in [4.69, 9.17) is 4.74 Å². The summed E-state index contributed by atoms with van der Waals surface area (Å²) in [6.45, 7) is 4.69. The van der Waals surface area contributed by atoms with Crippen molar-refractivity contribution in [2.24, 2.45) is 0 Å². The molecule has 0 atom stereocenters. The first-order valence-electron chi connectivity index (χ1n) is 3.57. The first-order chi connectivity index (χ1) is 4.81. The van der Waals surface area contributed by atoms with Gasteiger partial charge in [0.2, 0.25) is 0 Å². The van der Waals surface area contributed by atoms with E-state index in [2.05, 4.69) is 6.92 Å². The van der Waals surface area contributed by atoms with Crippen molar-refractivity contribution in [3.05, 3.63) is 0 Å². The number of ether oxygens (including phenoxy) is 1. The van der Waals surface area contributed by atoms with Crippen LogP contribution in [0.25, 0.3) is 0 Å². The molecule has 0 saturated heterocycles. The topological polar surface area (TPSA) is 26.3 Å². The molecule has 0 saturated carbocycles. The molecule has 0 aromatic rings. The first kappa shape index (κ1) is 10.2. The fourth-order valence-electron chi connectivity index (χ4n) is 0.393. The maximum absolute atomic E-state index is 10.8. The van der Waals surface area contributed by atoms with Crippen LogP contribution >= 0.6 is 0 Å². The van der Waals surface area contributed by atoms with Crippen LogP contribution in [0.2, 0.25) is 0 Å². The summed E-state index contributed by atoms with van der Waals surface area (Å²) in [4.78, 5) is 10.8. The molecule has 0 aromatic carbocycles. The Labute approximate surface area is 72.6 Å². The van der Waals surface area contributed by atoms with Crippen LogP contribution in [0.3, 0.4) is 0 Å². The van der Waals surface area contributed by atoms with E-state index in [9.17, 15) is 4.79 Å². The van der Waals surface area contributed by atoms with Crippen LogP contribution in [-0.2, 0) is 4.74 Å². The molecule has 0 fully saturated rings. The van der Waals surface area contributed by atoms with Crippen molar-refractivity contribution in [2.45, 2.75) is 26.7 Å². The molecule has 0 heterocycles. The molecule has 10 heavy (non-hydrogen) atoms. The summed E-state index contributed by atoms with van der Waals surface area (Å²) in [5.41, 5.74) is 0. The third-order valence-electron chi connectivity index (χ3n) is 0.812. The van der Waals surface area contributed by atoms with Crippen LogP contribution in [0.5, 0.6) is 0 Å². The normalized spacial score (nSPS) is 9.80. The number of hydrogen-bond donors (Lipinski definition) is 0. The molecule has 0 rings (SSSR count). The molecule has 0 radical (unpaired) electrons. The van der Waals surface area contributed by atoms with Crippen LogP contribution in [0.15, 0.2) is 0 Å². The fourth-order valence-corrected chi connectivity index (χ4v) is 1.81. The van der Waals surface area contributed by atoms with Crippen molar-refractivity contribution >= 4 is 3.98 Å². The van der Waals surface area contributed by atoms with Crippen molar-refractivity contribution in [1.29, 1.82) is 0 Å². The van der Waals surface area contributed by atoms with Gasteiger partial charge in [-0.2, -0.15) is 0 Å². The number of carbonyl (C=O) groups is 1.